The molecular formula is C27H37FN4O3. The third-order valence-electron chi connectivity index (χ3n) is 7.11. The zero-order valence-electron chi connectivity index (χ0n) is 21.1. The van der Waals surface area contributed by atoms with Crippen LogP contribution in [0.1, 0.15) is 75.0 Å². The number of hydrogen-bond acceptors (Lipinski definition) is 4. The van der Waals surface area contributed by atoms with E-state index in [4.69, 9.17) is 4.74 Å². The molecule has 0 aliphatic carbocycles. The van der Waals surface area contributed by atoms with Crippen molar-refractivity contribution in [3.8, 4) is 5.75 Å². The van der Waals surface area contributed by atoms with Crippen LogP contribution in [0.3, 0.4) is 0 Å². The molecule has 0 radical (unpaired) electrons. The van der Waals surface area contributed by atoms with E-state index in [-0.39, 0.29) is 35.6 Å². The van der Waals surface area contributed by atoms with Crippen LogP contribution in [0.5, 0.6) is 5.75 Å². The molecular weight excluding hydrogens is 447 g/mol. The van der Waals surface area contributed by atoms with E-state index in [1.165, 1.54) is 12.1 Å². The minimum absolute atomic E-state index is 0.0538. The van der Waals surface area contributed by atoms with Gasteiger partial charge in [-0.1, -0.05) is 13.8 Å². The Hall–Kier alpha value is -2.90. The molecule has 1 aromatic carbocycles. The lowest BCUT2D eigenvalue weighted by Gasteiger charge is -2.39. The maximum absolute atomic E-state index is 13.5. The van der Waals surface area contributed by atoms with E-state index in [0.29, 0.717) is 43.9 Å². The third kappa shape index (κ3) is 6.03. The number of piperidine rings is 2. The Kier molecular flexibility index (Phi) is 8.08. The number of carbonyl (C=O) groups excluding carboxylic acids is 2. The molecule has 2 atom stereocenters. The number of aromatic nitrogens is 2. The molecule has 0 spiro atoms. The fraction of sp³-hybridized carbons (Fsp3) is 0.593. The van der Waals surface area contributed by atoms with E-state index in [9.17, 15) is 14.0 Å². The van der Waals surface area contributed by atoms with Crippen molar-refractivity contribution in [1.82, 2.24) is 19.6 Å². The molecule has 2 fully saturated rings. The largest absolute Gasteiger partial charge is 0.490 e. The molecule has 190 valence electrons. The lowest BCUT2D eigenvalue weighted by atomic mass is 9.90. The predicted octanol–water partition coefficient (Wildman–Crippen LogP) is 4.48. The van der Waals surface area contributed by atoms with Crippen molar-refractivity contribution in [2.45, 2.75) is 71.4 Å². The van der Waals surface area contributed by atoms with E-state index in [1.807, 2.05) is 22.8 Å². The summed E-state index contributed by atoms with van der Waals surface area (Å²) in [6.07, 6.45) is 3.96. The first-order chi connectivity index (χ1) is 16.9. The van der Waals surface area contributed by atoms with Gasteiger partial charge in [-0.25, -0.2) is 4.39 Å². The highest BCUT2D eigenvalue weighted by Crippen LogP contribution is 2.28. The van der Waals surface area contributed by atoms with Crippen molar-refractivity contribution >= 4 is 11.8 Å². The van der Waals surface area contributed by atoms with Crippen LogP contribution < -0.4 is 4.74 Å². The van der Waals surface area contributed by atoms with Crippen LogP contribution in [-0.4, -0.2) is 63.7 Å². The molecule has 2 aliphatic rings. The van der Waals surface area contributed by atoms with Crippen LogP contribution >= 0.6 is 0 Å². The average molecular weight is 485 g/mol. The van der Waals surface area contributed by atoms with Gasteiger partial charge in [-0.15, -0.1) is 0 Å². The Morgan fingerprint density at radius 3 is 2.46 bits per heavy atom. The quantitative estimate of drug-likeness (QED) is 0.581. The lowest BCUT2D eigenvalue weighted by molar-refractivity contribution is -0.134. The summed E-state index contributed by atoms with van der Waals surface area (Å²) in [5.41, 5.74) is 1.50. The number of aryl methyl sites for hydroxylation is 1. The van der Waals surface area contributed by atoms with E-state index in [2.05, 4.69) is 18.9 Å². The fourth-order valence-corrected chi connectivity index (χ4v) is 5.03. The van der Waals surface area contributed by atoms with Crippen LogP contribution in [0.25, 0.3) is 0 Å². The van der Waals surface area contributed by atoms with Gasteiger partial charge < -0.3 is 14.5 Å². The van der Waals surface area contributed by atoms with Crippen molar-refractivity contribution < 1.29 is 18.7 Å². The van der Waals surface area contributed by atoms with Gasteiger partial charge in [-0.2, -0.15) is 5.10 Å². The van der Waals surface area contributed by atoms with Gasteiger partial charge in [0.1, 0.15) is 23.4 Å². The van der Waals surface area contributed by atoms with Crippen molar-refractivity contribution in [2.75, 3.05) is 26.2 Å². The number of carbonyl (C=O) groups is 2. The number of benzene rings is 1. The lowest BCUT2D eigenvalue weighted by Crippen LogP contribution is -2.50. The van der Waals surface area contributed by atoms with Crippen LogP contribution in [0, 0.1) is 11.7 Å². The minimum atomic E-state index is -0.317. The minimum Gasteiger partial charge on any atom is -0.490 e. The smallest absolute Gasteiger partial charge is 0.272 e. The van der Waals surface area contributed by atoms with Gasteiger partial charge in [0, 0.05) is 51.5 Å². The van der Waals surface area contributed by atoms with E-state index < -0.39 is 0 Å². The highest BCUT2D eigenvalue weighted by molar-refractivity contribution is 5.93. The topological polar surface area (TPSA) is 67.7 Å². The average Bonchev–Trinajstić information content (AvgIpc) is 3.31. The highest BCUT2D eigenvalue weighted by Gasteiger charge is 2.36. The maximum atomic E-state index is 13.5. The summed E-state index contributed by atoms with van der Waals surface area (Å²) in [6, 6.07) is 7.87. The van der Waals surface area contributed by atoms with Crippen LogP contribution in [0.2, 0.25) is 0 Å². The fourth-order valence-electron chi connectivity index (χ4n) is 5.03. The van der Waals surface area contributed by atoms with E-state index in [0.717, 1.165) is 38.0 Å². The zero-order chi connectivity index (χ0) is 24.9. The Balaban J connectivity index is 1.52. The molecule has 1 aromatic heterocycles. The monoisotopic (exact) mass is 484 g/mol. The first-order valence-corrected chi connectivity index (χ1v) is 12.9. The Morgan fingerprint density at radius 2 is 1.80 bits per heavy atom. The summed E-state index contributed by atoms with van der Waals surface area (Å²) < 4.78 is 21.4. The Labute approximate surface area is 207 Å². The molecule has 0 unspecified atom stereocenters. The van der Waals surface area contributed by atoms with Gasteiger partial charge in [0.15, 0.2) is 0 Å². The maximum Gasteiger partial charge on any atom is 0.272 e. The molecule has 2 amide bonds. The number of hydrogen-bond donors (Lipinski definition) is 0. The second-order valence-corrected chi connectivity index (χ2v) is 9.98. The summed E-state index contributed by atoms with van der Waals surface area (Å²) in [5.74, 6) is 0.424. The Bertz CT molecular complexity index is 1010. The van der Waals surface area contributed by atoms with Gasteiger partial charge in [0.05, 0.1) is 5.69 Å². The first-order valence-electron chi connectivity index (χ1n) is 12.9. The van der Waals surface area contributed by atoms with Gasteiger partial charge >= 0.3 is 0 Å². The number of rotatable bonds is 7. The normalized spacial score (nSPS) is 20.8. The molecule has 4 rings (SSSR count). The molecule has 2 saturated heterocycles. The second kappa shape index (κ2) is 11.2. The molecule has 35 heavy (non-hydrogen) atoms. The van der Waals surface area contributed by atoms with Crippen LogP contribution in [0.4, 0.5) is 4.39 Å². The first kappa shape index (κ1) is 25.2. The molecule has 2 aliphatic heterocycles. The molecule has 0 bridgehead atoms. The number of amides is 2. The van der Waals surface area contributed by atoms with Gasteiger partial charge in [0.25, 0.3) is 5.91 Å². The molecule has 7 nitrogen and oxygen atoms in total. The summed E-state index contributed by atoms with van der Waals surface area (Å²) in [5, 5.41) is 4.60. The number of nitrogens with zero attached hydrogens (tertiary/aromatic N) is 4. The summed E-state index contributed by atoms with van der Waals surface area (Å²) in [4.78, 5) is 30.5. The molecule has 2 aromatic rings. The summed E-state index contributed by atoms with van der Waals surface area (Å²) in [6.45, 7) is 9.30. The Morgan fingerprint density at radius 1 is 1.09 bits per heavy atom. The second-order valence-electron chi connectivity index (χ2n) is 9.98. The van der Waals surface area contributed by atoms with Crippen molar-refractivity contribution in [2.24, 2.45) is 5.92 Å². The molecule has 3 heterocycles. The SMILES string of the molecule is CCn1nc(C(C)C)cc1C(=O)N1CC[C@H](Oc2ccc(F)cc2)[C@@H](CC(=O)N2CCCCC2)C1. The number of likely N-dealkylation sites (tertiary alicyclic amines) is 2. The molecule has 0 saturated carbocycles. The highest BCUT2D eigenvalue weighted by atomic mass is 19.1. The zero-order valence-corrected chi connectivity index (χ0v) is 21.1. The summed E-state index contributed by atoms with van der Waals surface area (Å²) in [7, 11) is 0. The van der Waals surface area contributed by atoms with Gasteiger partial charge in [0.2, 0.25) is 5.91 Å². The van der Waals surface area contributed by atoms with Crippen molar-refractivity contribution in [3.05, 3.63) is 47.5 Å². The third-order valence-corrected chi connectivity index (χ3v) is 7.11. The van der Waals surface area contributed by atoms with Gasteiger partial charge in [-0.05, 0) is 62.4 Å². The predicted molar refractivity (Wildman–Crippen MR) is 132 cm³/mol. The molecule has 8 heteroatoms. The number of ether oxygens (including phenoxy) is 1. The number of halogens is 1. The van der Waals surface area contributed by atoms with Crippen LogP contribution in [0.15, 0.2) is 30.3 Å². The summed E-state index contributed by atoms with van der Waals surface area (Å²) >= 11 is 0. The standard InChI is InChI=1S/C27H37FN4O3/c1-4-32-24(17-23(29-32)19(2)3)27(34)31-15-12-25(35-22-10-8-21(28)9-11-22)20(18-31)16-26(33)30-13-6-5-7-14-30/h8-11,17,19-20,25H,4-7,12-16,18H2,1-3H3/t20-,25-/m0/s1. The van der Waals surface area contributed by atoms with E-state index in [1.54, 1.807) is 16.8 Å². The molecule has 0 N–H and O–H groups in total. The van der Waals surface area contributed by atoms with Crippen LogP contribution in [-0.2, 0) is 11.3 Å². The van der Waals surface area contributed by atoms with Crippen molar-refractivity contribution in [3.63, 3.8) is 0 Å². The van der Waals surface area contributed by atoms with E-state index >= 15 is 0 Å². The van der Waals surface area contributed by atoms with Gasteiger partial charge in [-0.3, -0.25) is 14.3 Å². The van der Waals surface area contributed by atoms with Crippen molar-refractivity contribution in [1.29, 1.82) is 0 Å².